The molecule has 1 unspecified atom stereocenters. The molecule has 2 N–H and O–H groups in total. The molecule has 0 aliphatic heterocycles. The number of nitrogens with two attached hydrogens (primary N) is 1. The lowest BCUT2D eigenvalue weighted by atomic mass is 10.0. The third kappa shape index (κ3) is 4.62. The average molecular weight is 300 g/mol. The molecule has 0 bridgehead atoms. The van der Waals surface area contributed by atoms with Gasteiger partial charge in [-0.2, -0.15) is 0 Å². The maximum atomic E-state index is 5.99. The van der Waals surface area contributed by atoms with E-state index < -0.39 is 0 Å². The summed E-state index contributed by atoms with van der Waals surface area (Å²) in [6.07, 6.45) is 3.38. The van der Waals surface area contributed by atoms with Crippen molar-refractivity contribution >= 4 is 11.6 Å². The minimum absolute atomic E-state index is 0.121. The van der Waals surface area contributed by atoms with E-state index in [1.807, 2.05) is 12.1 Å². The molecule has 5 heteroatoms. The number of methoxy groups -OCH3 is 2. The Hall–Kier alpha value is -1.39. The lowest BCUT2D eigenvalue weighted by Crippen LogP contribution is -2.21. The van der Waals surface area contributed by atoms with Gasteiger partial charge in [0.05, 0.1) is 14.2 Å². The monoisotopic (exact) mass is 299 g/mol. The summed E-state index contributed by atoms with van der Waals surface area (Å²) < 4.78 is 16.4. The van der Waals surface area contributed by atoms with Crippen molar-refractivity contribution in [3.8, 4) is 17.2 Å². The van der Waals surface area contributed by atoms with Gasteiger partial charge < -0.3 is 19.9 Å². The molecule has 1 atom stereocenters. The number of hydrogen-bond acceptors (Lipinski definition) is 4. The van der Waals surface area contributed by atoms with Crippen molar-refractivity contribution in [1.82, 2.24) is 0 Å². The van der Waals surface area contributed by atoms with Crippen LogP contribution in [0.2, 0.25) is 0 Å². The summed E-state index contributed by atoms with van der Waals surface area (Å²) >= 11 is 5.48. The molecule has 0 fully saturated rings. The van der Waals surface area contributed by atoms with E-state index in [2.05, 4.69) is 6.92 Å². The van der Waals surface area contributed by atoms with Gasteiger partial charge in [0.15, 0.2) is 11.5 Å². The van der Waals surface area contributed by atoms with Gasteiger partial charge in [-0.3, -0.25) is 0 Å². The van der Waals surface area contributed by atoms with Gasteiger partial charge in [0.1, 0.15) is 6.61 Å². The first-order chi connectivity index (χ1) is 9.65. The molecule has 0 saturated heterocycles. The highest BCUT2D eigenvalue weighted by Gasteiger charge is 2.15. The molecule has 0 amide bonds. The van der Waals surface area contributed by atoms with Crippen molar-refractivity contribution in [2.75, 3.05) is 20.8 Å². The molecule has 0 aliphatic carbocycles. The quantitative estimate of drug-likeness (QED) is 0.801. The molecule has 0 spiro atoms. The van der Waals surface area contributed by atoms with E-state index >= 15 is 0 Å². The fourth-order valence-electron chi connectivity index (χ4n) is 1.81. The Labute approximate surface area is 125 Å². The number of rotatable bonds is 8. The third-order valence-electron chi connectivity index (χ3n) is 2.96. The van der Waals surface area contributed by atoms with Crippen LogP contribution in [-0.2, 0) is 6.42 Å². The molecule has 0 heterocycles. The number of hydrogen-bond donors (Lipinski definition) is 1. The molecule has 112 valence electrons. The molecule has 0 aromatic heterocycles. The Kier molecular flexibility index (Phi) is 7.26. The van der Waals surface area contributed by atoms with Gasteiger partial charge in [-0.05, 0) is 36.6 Å². The summed E-state index contributed by atoms with van der Waals surface area (Å²) in [6, 6.07) is 3.98. The lowest BCUT2D eigenvalue weighted by molar-refractivity contribution is 0.300. The van der Waals surface area contributed by atoms with Crippen LogP contribution in [0.5, 0.6) is 17.2 Å². The molecule has 1 rings (SSSR count). The summed E-state index contributed by atoms with van der Waals surface area (Å²) in [6.45, 7) is 2.42. The van der Waals surface area contributed by atoms with E-state index in [1.54, 1.807) is 20.3 Å². The van der Waals surface area contributed by atoms with E-state index in [0.29, 0.717) is 23.9 Å². The van der Waals surface area contributed by atoms with Crippen LogP contribution in [0.1, 0.15) is 18.9 Å². The van der Waals surface area contributed by atoms with Crippen LogP contribution in [0.25, 0.3) is 0 Å². The van der Waals surface area contributed by atoms with Crippen molar-refractivity contribution < 1.29 is 14.2 Å². The number of halogens is 1. The van der Waals surface area contributed by atoms with Gasteiger partial charge in [0.25, 0.3) is 0 Å². The van der Waals surface area contributed by atoms with Gasteiger partial charge in [0.2, 0.25) is 5.75 Å². The average Bonchev–Trinajstić information content (AvgIpc) is 2.47. The second-order valence-electron chi connectivity index (χ2n) is 4.37. The number of benzene rings is 1. The van der Waals surface area contributed by atoms with E-state index in [1.165, 1.54) is 5.54 Å². The second-order valence-corrected chi connectivity index (χ2v) is 4.63. The zero-order valence-electron chi connectivity index (χ0n) is 12.2. The number of ether oxygens (including phenoxy) is 3. The van der Waals surface area contributed by atoms with Crippen molar-refractivity contribution in [2.45, 2.75) is 25.8 Å². The smallest absolute Gasteiger partial charge is 0.203 e. The van der Waals surface area contributed by atoms with Crippen LogP contribution < -0.4 is 19.9 Å². The van der Waals surface area contributed by atoms with Gasteiger partial charge in [-0.15, -0.1) is 0 Å². The zero-order chi connectivity index (χ0) is 15.0. The van der Waals surface area contributed by atoms with E-state index in [-0.39, 0.29) is 6.04 Å². The summed E-state index contributed by atoms with van der Waals surface area (Å²) in [5.41, 5.74) is 8.46. The summed E-state index contributed by atoms with van der Waals surface area (Å²) in [4.78, 5) is 0. The van der Waals surface area contributed by atoms with Crippen LogP contribution >= 0.6 is 11.6 Å². The Balaban J connectivity index is 3.04. The Morgan fingerprint density at radius 2 is 1.85 bits per heavy atom. The molecule has 0 aliphatic rings. The molecule has 4 nitrogen and oxygen atoms in total. The summed E-state index contributed by atoms with van der Waals surface area (Å²) in [5, 5.41) is 0. The lowest BCUT2D eigenvalue weighted by Gasteiger charge is -2.16. The normalized spacial score (nSPS) is 12.4. The largest absolute Gasteiger partial charge is 0.493 e. The SMILES string of the molecule is CCC(N)Cc1cc(OC)c(OC/C=C/Cl)c(OC)c1. The molecular formula is C15H22ClNO3. The summed E-state index contributed by atoms with van der Waals surface area (Å²) in [5.74, 6) is 1.83. The Morgan fingerprint density at radius 3 is 2.30 bits per heavy atom. The minimum atomic E-state index is 0.121. The molecular weight excluding hydrogens is 278 g/mol. The van der Waals surface area contributed by atoms with Gasteiger partial charge in [-0.1, -0.05) is 18.5 Å². The van der Waals surface area contributed by atoms with Crippen molar-refractivity contribution in [3.63, 3.8) is 0 Å². The Morgan fingerprint density at radius 1 is 1.25 bits per heavy atom. The van der Waals surface area contributed by atoms with Crippen LogP contribution in [0, 0.1) is 0 Å². The van der Waals surface area contributed by atoms with Gasteiger partial charge in [-0.25, -0.2) is 0 Å². The van der Waals surface area contributed by atoms with Crippen molar-refractivity contribution in [2.24, 2.45) is 5.73 Å². The van der Waals surface area contributed by atoms with Crippen LogP contribution in [0.3, 0.4) is 0 Å². The highest BCUT2D eigenvalue weighted by Crippen LogP contribution is 2.38. The van der Waals surface area contributed by atoms with Gasteiger partial charge >= 0.3 is 0 Å². The van der Waals surface area contributed by atoms with E-state index in [0.717, 1.165) is 18.4 Å². The predicted octanol–water partition coefficient (Wildman–Crippen LogP) is 3.11. The fourth-order valence-corrected chi connectivity index (χ4v) is 1.88. The first-order valence-corrected chi connectivity index (χ1v) is 6.98. The highest BCUT2D eigenvalue weighted by molar-refractivity contribution is 6.25. The van der Waals surface area contributed by atoms with Crippen LogP contribution in [0.4, 0.5) is 0 Å². The van der Waals surface area contributed by atoms with Crippen molar-refractivity contribution in [3.05, 3.63) is 29.3 Å². The Bertz CT molecular complexity index is 424. The maximum absolute atomic E-state index is 5.99. The topological polar surface area (TPSA) is 53.7 Å². The first-order valence-electron chi connectivity index (χ1n) is 6.54. The standard InChI is InChI=1S/C15H22ClNO3/c1-4-12(17)8-11-9-13(18-2)15(14(10-11)19-3)20-7-5-6-16/h5-6,9-10,12H,4,7-8,17H2,1-3H3/b6-5+. The molecule has 0 saturated carbocycles. The molecule has 1 aromatic carbocycles. The van der Waals surface area contributed by atoms with Crippen LogP contribution in [0.15, 0.2) is 23.7 Å². The van der Waals surface area contributed by atoms with E-state index in [4.69, 9.17) is 31.5 Å². The zero-order valence-corrected chi connectivity index (χ0v) is 12.9. The minimum Gasteiger partial charge on any atom is -0.493 e. The van der Waals surface area contributed by atoms with Crippen molar-refractivity contribution in [1.29, 1.82) is 0 Å². The van der Waals surface area contributed by atoms with Crippen LogP contribution in [-0.4, -0.2) is 26.9 Å². The maximum Gasteiger partial charge on any atom is 0.203 e. The fraction of sp³-hybridized carbons (Fsp3) is 0.467. The molecule has 20 heavy (non-hydrogen) atoms. The van der Waals surface area contributed by atoms with Gasteiger partial charge in [0, 0.05) is 11.6 Å². The first kappa shape index (κ1) is 16.7. The van der Waals surface area contributed by atoms with E-state index in [9.17, 15) is 0 Å². The predicted molar refractivity (Wildman–Crippen MR) is 82.0 cm³/mol. The molecule has 1 aromatic rings. The second kappa shape index (κ2) is 8.72. The molecule has 0 radical (unpaired) electrons. The third-order valence-corrected chi connectivity index (χ3v) is 3.13. The summed E-state index contributed by atoms with van der Waals surface area (Å²) in [7, 11) is 3.20. The highest BCUT2D eigenvalue weighted by atomic mass is 35.5.